The summed E-state index contributed by atoms with van der Waals surface area (Å²) < 4.78 is 0. The zero-order valence-electron chi connectivity index (χ0n) is 9.59. The molecule has 0 heterocycles. The molecule has 3 heteroatoms. The van der Waals surface area contributed by atoms with Crippen LogP contribution >= 0.6 is 27.7 Å². The number of hydrogen-bond donors (Lipinski definition) is 0. The van der Waals surface area contributed by atoms with Gasteiger partial charge in [0.05, 0.1) is 0 Å². The minimum Gasteiger partial charge on any atom is -0.374 e. The monoisotopic (exact) mass is 287 g/mol. The standard InChI is InChI=1S/C12H18BrNS/c1-10-8-11(9-13)4-5-12(10)14(2)6-7-15-3/h4-5,8H,6-7,9H2,1-3H3. The molecule has 0 radical (unpaired) electrons. The van der Waals surface area contributed by atoms with E-state index in [4.69, 9.17) is 0 Å². The molecule has 1 aromatic rings. The second-order valence-electron chi connectivity index (χ2n) is 3.67. The van der Waals surface area contributed by atoms with E-state index in [-0.39, 0.29) is 0 Å². The van der Waals surface area contributed by atoms with Crippen LogP contribution in [0.2, 0.25) is 0 Å². The third kappa shape index (κ3) is 3.72. The van der Waals surface area contributed by atoms with Gasteiger partial charge in [0.1, 0.15) is 0 Å². The van der Waals surface area contributed by atoms with E-state index >= 15 is 0 Å². The third-order valence-electron chi connectivity index (χ3n) is 2.46. The highest BCUT2D eigenvalue weighted by molar-refractivity contribution is 9.08. The molecule has 15 heavy (non-hydrogen) atoms. The number of benzene rings is 1. The van der Waals surface area contributed by atoms with Gasteiger partial charge in [-0.15, -0.1) is 0 Å². The molecule has 84 valence electrons. The average molecular weight is 288 g/mol. The fraction of sp³-hybridized carbons (Fsp3) is 0.500. The van der Waals surface area contributed by atoms with E-state index < -0.39 is 0 Å². The Bertz CT molecular complexity index is 314. The van der Waals surface area contributed by atoms with Crippen molar-refractivity contribution in [3.05, 3.63) is 29.3 Å². The lowest BCUT2D eigenvalue weighted by molar-refractivity contribution is 0.970. The van der Waals surface area contributed by atoms with Crippen LogP contribution in [0.4, 0.5) is 5.69 Å². The van der Waals surface area contributed by atoms with Gasteiger partial charge in [0.15, 0.2) is 0 Å². The zero-order valence-corrected chi connectivity index (χ0v) is 12.0. The first-order chi connectivity index (χ1) is 7.19. The van der Waals surface area contributed by atoms with Crippen LogP contribution in [0.3, 0.4) is 0 Å². The summed E-state index contributed by atoms with van der Waals surface area (Å²) in [6.07, 6.45) is 2.15. The first-order valence-electron chi connectivity index (χ1n) is 5.04. The second-order valence-corrected chi connectivity index (χ2v) is 5.22. The molecule has 0 saturated carbocycles. The van der Waals surface area contributed by atoms with Crippen molar-refractivity contribution in [2.45, 2.75) is 12.3 Å². The number of nitrogens with zero attached hydrogens (tertiary/aromatic N) is 1. The Balaban J connectivity index is 2.76. The Hall–Kier alpha value is -0.150. The van der Waals surface area contributed by atoms with Crippen molar-refractivity contribution in [1.29, 1.82) is 0 Å². The highest BCUT2D eigenvalue weighted by Crippen LogP contribution is 2.21. The number of thioether (sulfide) groups is 1. The van der Waals surface area contributed by atoms with E-state index in [9.17, 15) is 0 Å². The maximum atomic E-state index is 3.48. The number of halogens is 1. The van der Waals surface area contributed by atoms with Gasteiger partial charge in [-0.25, -0.2) is 0 Å². The lowest BCUT2D eigenvalue weighted by atomic mass is 10.1. The maximum Gasteiger partial charge on any atom is 0.0393 e. The summed E-state index contributed by atoms with van der Waals surface area (Å²) in [5.41, 5.74) is 4.04. The Morgan fingerprint density at radius 1 is 1.40 bits per heavy atom. The summed E-state index contributed by atoms with van der Waals surface area (Å²) in [7, 11) is 2.16. The number of aryl methyl sites for hydroxylation is 1. The molecule has 0 aliphatic rings. The van der Waals surface area contributed by atoms with Crippen LogP contribution in [0.25, 0.3) is 0 Å². The van der Waals surface area contributed by atoms with Crippen LogP contribution < -0.4 is 4.90 Å². The molecule has 0 atom stereocenters. The van der Waals surface area contributed by atoms with E-state index in [1.807, 2.05) is 11.8 Å². The van der Waals surface area contributed by atoms with Gasteiger partial charge in [0.2, 0.25) is 0 Å². The molecule has 0 N–H and O–H groups in total. The first kappa shape index (κ1) is 12.9. The van der Waals surface area contributed by atoms with Crippen molar-refractivity contribution < 1.29 is 0 Å². The molecule has 0 fully saturated rings. The molecule has 0 aromatic heterocycles. The smallest absolute Gasteiger partial charge is 0.0393 e. The summed E-state index contributed by atoms with van der Waals surface area (Å²) in [6, 6.07) is 6.65. The van der Waals surface area contributed by atoms with Crippen LogP contribution in [0.15, 0.2) is 18.2 Å². The lowest BCUT2D eigenvalue weighted by Gasteiger charge is -2.21. The summed E-state index contributed by atoms with van der Waals surface area (Å²) in [6.45, 7) is 3.28. The minimum absolute atomic E-state index is 0.933. The van der Waals surface area contributed by atoms with Crippen molar-refractivity contribution in [2.75, 3.05) is 30.5 Å². The molecule has 1 rings (SSSR count). The van der Waals surface area contributed by atoms with E-state index in [1.165, 1.54) is 22.6 Å². The predicted octanol–water partition coefficient (Wildman–Crippen LogP) is 3.69. The predicted molar refractivity (Wildman–Crippen MR) is 75.5 cm³/mol. The summed E-state index contributed by atoms with van der Waals surface area (Å²) >= 11 is 5.37. The molecule has 1 aromatic carbocycles. The number of rotatable bonds is 5. The van der Waals surface area contributed by atoms with Crippen molar-refractivity contribution in [2.24, 2.45) is 0 Å². The van der Waals surface area contributed by atoms with E-state index in [2.05, 4.69) is 59.3 Å². The Kier molecular flexibility index (Phi) is 5.54. The van der Waals surface area contributed by atoms with Crippen LogP contribution in [-0.4, -0.2) is 25.6 Å². The molecule has 0 saturated heterocycles. The quantitative estimate of drug-likeness (QED) is 0.760. The normalized spacial score (nSPS) is 10.4. The summed E-state index contributed by atoms with van der Waals surface area (Å²) in [5.74, 6) is 1.18. The third-order valence-corrected chi connectivity index (χ3v) is 3.70. The van der Waals surface area contributed by atoms with Gasteiger partial charge in [-0.2, -0.15) is 11.8 Å². The molecule has 0 aliphatic carbocycles. The van der Waals surface area contributed by atoms with Gasteiger partial charge in [-0.1, -0.05) is 28.1 Å². The molecule has 0 bridgehead atoms. The van der Waals surface area contributed by atoms with Gasteiger partial charge in [0.25, 0.3) is 0 Å². The first-order valence-corrected chi connectivity index (χ1v) is 7.56. The van der Waals surface area contributed by atoms with Gasteiger partial charge >= 0.3 is 0 Å². The summed E-state index contributed by atoms with van der Waals surface area (Å²) in [5, 5.41) is 0.933. The Labute approximate surface area is 105 Å². The van der Waals surface area contributed by atoms with Gasteiger partial charge in [0, 0.05) is 30.4 Å². The maximum absolute atomic E-state index is 3.48. The van der Waals surface area contributed by atoms with Gasteiger partial charge in [-0.05, 0) is 30.4 Å². The van der Waals surface area contributed by atoms with Crippen LogP contribution in [0, 0.1) is 6.92 Å². The molecular weight excluding hydrogens is 270 g/mol. The SMILES string of the molecule is CSCCN(C)c1ccc(CBr)cc1C. The lowest BCUT2D eigenvalue weighted by Crippen LogP contribution is -2.21. The largest absolute Gasteiger partial charge is 0.374 e. The topological polar surface area (TPSA) is 3.24 Å². The summed E-state index contributed by atoms with van der Waals surface area (Å²) in [4.78, 5) is 2.32. The number of hydrogen-bond acceptors (Lipinski definition) is 2. The average Bonchev–Trinajstić information content (AvgIpc) is 2.25. The highest BCUT2D eigenvalue weighted by atomic mass is 79.9. The van der Waals surface area contributed by atoms with Crippen molar-refractivity contribution in [3.8, 4) is 0 Å². The Morgan fingerprint density at radius 3 is 2.67 bits per heavy atom. The fourth-order valence-electron chi connectivity index (χ4n) is 1.58. The molecule has 0 spiro atoms. The zero-order chi connectivity index (χ0) is 11.3. The van der Waals surface area contributed by atoms with E-state index in [1.54, 1.807) is 0 Å². The number of anilines is 1. The van der Waals surface area contributed by atoms with Crippen LogP contribution in [-0.2, 0) is 5.33 Å². The molecule has 0 amide bonds. The molecule has 0 unspecified atom stereocenters. The van der Waals surface area contributed by atoms with Crippen molar-refractivity contribution in [3.63, 3.8) is 0 Å². The molecule has 1 nitrogen and oxygen atoms in total. The highest BCUT2D eigenvalue weighted by Gasteiger charge is 2.04. The minimum atomic E-state index is 0.933. The van der Waals surface area contributed by atoms with Crippen LogP contribution in [0.5, 0.6) is 0 Å². The van der Waals surface area contributed by atoms with Crippen molar-refractivity contribution in [1.82, 2.24) is 0 Å². The van der Waals surface area contributed by atoms with E-state index in [0.717, 1.165) is 11.9 Å². The van der Waals surface area contributed by atoms with Gasteiger partial charge < -0.3 is 4.90 Å². The molecule has 0 aliphatic heterocycles. The van der Waals surface area contributed by atoms with E-state index in [0.29, 0.717) is 0 Å². The Morgan fingerprint density at radius 2 is 2.13 bits per heavy atom. The van der Waals surface area contributed by atoms with Crippen molar-refractivity contribution >= 4 is 33.4 Å². The molecular formula is C12H18BrNS. The van der Waals surface area contributed by atoms with Gasteiger partial charge in [-0.3, -0.25) is 0 Å². The second kappa shape index (κ2) is 6.44. The van der Waals surface area contributed by atoms with Crippen LogP contribution in [0.1, 0.15) is 11.1 Å². The fourth-order valence-corrected chi connectivity index (χ4v) is 2.38. The number of alkyl halides is 1.